The summed E-state index contributed by atoms with van der Waals surface area (Å²) >= 11 is 0. The van der Waals surface area contributed by atoms with Gasteiger partial charge in [0.1, 0.15) is 11.4 Å². The van der Waals surface area contributed by atoms with Crippen LogP contribution in [-0.4, -0.2) is 26.4 Å². The van der Waals surface area contributed by atoms with Crippen molar-refractivity contribution in [3.8, 4) is 17.0 Å². The molecule has 0 bridgehead atoms. The largest absolute Gasteiger partial charge is 0.507 e. The molecule has 1 amide bonds. The molecular weight excluding hydrogens is 232 g/mol. The lowest BCUT2D eigenvalue weighted by Crippen LogP contribution is -2.12. The summed E-state index contributed by atoms with van der Waals surface area (Å²) in [5.41, 5.74) is 6.72. The molecule has 4 N–H and O–H groups in total. The molecule has 1 aromatic heterocycles. The minimum atomic E-state index is -0.687. The Kier molecular flexibility index (Phi) is 3.01. The van der Waals surface area contributed by atoms with Crippen LogP contribution >= 0.6 is 0 Å². The normalized spacial score (nSPS) is 10.8. The smallest absolute Gasteiger partial charge is 0.271 e. The van der Waals surface area contributed by atoms with Crippen molar-refractivity contribution in [2.24, 2.45) is 5.73 Å². The van der Waals surface area contributed by atoms with E-state index in [2.05, 4.69) is 15.4 Å². The third-order valence-electron chi connectivity index (χ3n) is 2.73. The summed E-state index contributed by atoms with van der Waals surface area (Å²) < 4.78 is 0. The Balaban J connectivity index is 2.61. The molecular formula is C12H14N4O2. The maximum Gasteiger partial charge on any atom is 0.271 e. The van der Waals surface area contributed by atoms with E-state index in [1.54, 1.807) is 12.1 Å². The highest BCUT2D eigenvalue weighted by atomic mass is 16.3. The first-order valence-corrected chi connectivity index (χ1v) is 5.55. The summed E-state index contributed by atoms with van der Waals surface area (Å²) in [5, 5.41) is 20.1. The number of hydrogen-bond acceptors (Lipinski definition) is 4. The number of aromatic nitrogens is 3. The van der Waals surface area contributed by atoms with E-state index in [1.165, 1.54) is 0 Å². The zero-order valence-electron chi connectivity index (χ0n) is 10.1. The molecule has 0 unspecified atom stereocenters. The number of amides is 1. The van der Waals surface area contributed by atoms with Crippen molar-refractivity contribution >= 4 is 5.91 Å². The fourth-order valence-corrected chi connectivity index (χ4v) is 1.81. The predicted octanol–water partition coefficient (Wildman–Crippen LogP) is 1.40. The Morgan fingerprint density at radius 2 is 2.11 bits per heavy atom. The molecule has 0 saturated carbocycles. The van der Waals surface area contributed by atoms with Gasteiger partial charge in [-0.3, -0.25) is 4.79 Å². The standard InChI is InChI=1S/C12H14N4O2/c1-6(2)7-4-3-5-8(11(7)17)9-10(12(13)18)15-16-14-9/h3-6,17H,1-2H3,(H2,13,18)(H,14,15,16). The van der Waals surface area contributed by atoms with Gasteiger partial charge in [0.2, 0.25) is 0 Å². The van der Waals surface area contributed by atoms with Crippen LogP contribution in [-0.2, 0) is 0 Å². The van der Waals surface area contributed by atoms with E-state index >= 15 is 0 Å². The van der Waals surface area contributed by atoms with Gasteiger partial charge in [0.05, 0.1) is 0 Å². The molecule has 2 rings (SSSR count). The molecule has 0 aliphatic carbocycles. The topological polar surface area (TPSA) is 105 Å². The molecule has 1 aromatic carbocycles. The van der Waals surface area contributed by atoms with Crippen molar-refractivity contribution in [2.45, 2.75) is 19.8 Å². The van der Waals surface area contributed by atoms with Crippen LogP contribution in [0.5, 0.6) is 5.75 Å². The highest BCUT2D eigenvalue weighted by Gasteiger charge is 2.20. The van der Waals surface area contributed by atoms with Crippen LogP contribution in [0.4, 0.5) is 0 Å². The van der Waals surface area contributed by atoms with Gasteiger partial charge in [-0.25, -0.2) is 0 Å². The summed E-state index contributed by atoms with van der Waals surface area (Å²) in [6, 6.07) is 5.29. The molecule has 0 fully saturated rings. The number of phenolic OH excluding ortho intramolecular Hbond substituents is 1. The van der Waals surface area contributed by atoms with Crippen LogP contribution in [0.25, 0.3) is 11.3 Å². The van der Waals surface area contributed by atoms with Crippen molar-refractivity contribution in [1.82, 2.24) is 15.4 Å². The number of carbonyl (C=O) groups is 1. The number of aromatic amines is 1. The van der Waals surface area contributed by atoms with Crippen molar-refractivity contribution in [3.05, 3.63) is 29.5 Å². The lowest BCUT2D eigenvalue weighted by Gasteiger charge is -2.11. The van der Waals surface area contributed by atoms with Crippen molar-refractivity contribution in [2.75, 3.05) is 0 Å². The predicted molar refractivity (Wildman–Crippen MR) is 66.1 cm³/mol. The number of nitrogens with one attached hydrogen (secondary N) is 1. The Bertz CT molecular complexity index is 590. The summed E-state index contributed by atoms with van der Waals surface area (Å²) in [4.78, 5) is 11.2. The van der Waals surface area contributed by atoms with E-state index in [-0.39, 0.29) is 23.1 Å². The summed E-state index contributed by atoms with van der Waals surface area (Å²) in [7, 11) is 0. The minimum absolute atomic E-state index is 0.0196. The fraction of sp³-hybridized carbons (Fsp3) is 0.250. The summed E-state index contributed by atoms with van der Waals surface area (Å²) in [6.07, 6.45) is 0. The maximum absolute atomic E-state index is 11.2. The van der Waals surface area contributed by atoms with E-state index in [9.17, 15) is 9.90 Å². The van der Waals surface area contributed by atoms with Gasteiger partial charge in [0, 0.05) is 5.56 Å². The van der Waals surface area contributed by atoms with Crippen LogP contribution in [0.3, 0.4) is 0 Å². The Morgan fingerprint density at radius 3 is 2.72 bits per heavy atom. The fourth-order valence-electron chi connectivity index (χ4n) is 1.81. The van der Waals surface area contributed by atoms with E-state index in [0.29, 0.717) is 5.56 Å². The zero-order chi connectivity index (χ0) is 13.3. The molecule has 1 heterocycles. The molecule has 6 nitrogen and oxygen atoms in total. The van der Waals surface area contributed by atoms with Gasteiger partial charge in [-0.2, -0.15) is 15.4 Å². The molecule has 18 heavy (non-hydrogen) atoms. The Hall–Kier alpha value is -2.37. The van der Waals surface area contributed by atoms with Crippen LogP contribution < -0.4 is 5.73 Å². The number of nitrogens with zero attached hydrogens (tertiary/aromatic N) is 2. The number of phenols is 1. The first-order chi connectivity index (χ1) is 8.52. The number of primary amides is 1. The van der Waals surface area contributed by atoms with Gasteiger partial charge in [-0.1, -0.05) is 26.0 Å². The first kappa shape index (κ1) is 12.1. The second kappa shape index (κ2) is 4.48. The number of para-hydroxylation sites is 1. The van der Waals surface area contributed by atoms with Gasteiger partial charge in [0.15, 0.2) is 5.69 Å². The second-order valence-electron chi connectivity index (χ2n) is 4.28. The molecule has 0 spiro atoms. The SMILES string of the molecule is CC(C)c1cccc(-c2n[nH]nc2C(N)=O)c1O. The molecule has 2 aromatic rings. The van der Waals surface area contributed by atoms with Crippen molar-refractivity contribution < 1.29 is 9.90 Å². The highest BCUT2D eigenvalue weighted by molar-refractivity contribution is 5.97. The van der Waals surface area contributed by atoms with Gasteiger partial charge in [0.25, 0.3) is 5.91 Å². The van der Waals surface area contributed by atoms with Crippen LogP contribution in [0, 0.1) is 0 Å². The Labute approximate surface area is 104 Å². The summed E-state index contributed by atoms with van der Waals surface area (Å²) in [6.45, 7) is 3.94. The molecule has 0 aliphatic rings. The number of hydrogen-bond donors (Lipinski definition) is 3. The molecule has 6 heteroatoms. The molecule has 0 saturated heterocycles. The van der Waals surface area contributed by atoms with E-state index in [4.69, 9.17) is 5.73 Å². The molecule has 0 atom stereocenters. The molecule has 94 valence electrons. The highest BCUT2D eigenvalue weighted by Crippen LogP contribution is 2.35. The van der Waals surface area contributed by atoms with Gasteiger partial charge in [-0.05, 0) is 17.5 Å². The van der Waals surface area contributed by atoms with Crippen LogP contribution in [0.1, 0.15) is 35.8 Å². The molecule has 0 radical (unpaired) electrons. The van der Waals surface area contributed by atoms with Crippen molar-refractivity contribution in [1.29, 1.82) is 0 Å². The Morgan fingerprint density at radius 1 is 1.39 bits per heavy atom. The van der Waals surface area contributed by atoms with E-state index < -0.39 is 5.91 Å². The van der Waals surface area contributed by atoms with Crippen molar-refractivity contribution in [3.63, 3.8) is 0 Å². The quantitative estimate of drug-likeness (QED) is 0.761. The average Bonchev–Trinajstić information content (AvgIpc) is 2.77. The molecule has 0 aliphatic heterocycles. The zero-order valence-corrected chi connectivity index (χ0v) is 10.1. The number of carbonyl (C=O) groups excluding carboxylic acids is 1. The average molecular weight is 246 g/mol. The monoisotopic (exact) mass is 246 g/mol. The van der Waals surface area contributed by atoms with E-state index in [1.807, 2.05) is 19.9 Å². The third-order valence-corrected chi connectivity index (χ3v) is 2.73. The van der Waals surface area contributed by atoms with Crippen LogP contribution in [0.15, 0.2) is 18.2 Å². The number of benzene rings is 1. The van der Waals surface area contributed by atoms with Gasteiger partial charge < -0.3 is 10.8 Å². The lowest BCUT2D eigenvalue weighted by molar-refractivity contribution is 0.0996. The summed E-state index contributed by atoms with van der Waals surface area (Å²) in [5.74, 6) is -0.425. The second-order valence-corrected chi connectivity index (χ2v) is 4.28. The van der Waals surface area contributed by atoms with Gasteiger partial charge >= 0.3 is 0 Å². The lowest BCUT2D eigenvalue weighted by atomic mass is 9.97. The minimum Gasteiger partial charge on any atom is -0.507 e. The van der Waals surface area contributed by atoms with Crippen LogP contribution in [0.2, 0.25) is 0 Å². The number of nitrogens with two attached hydrogens (primary N) is 1. The maximum atomic E-state index is 11.2. The van der Waals surface area contributed by atoms with E-state index in [0.717, 1.165) is 5.56 Å². The number of H-pyrrole nitrogens is 1. The first-order valence-electron chi connectivity index (χ1n) is 5.55. The van der Waals surface area contributed by atoms with Gasteiger partial charge in [-0.15, -0.1) is 0 Å². The number of rotatable bonds is 3. The number of aromatic hydroxyl groups is 1. The third kappa shape index (κ3) is 1.92.